The molecule has 4 rings (SSSR count). The Kier molecular flexibility index (Phi) is 7.02. The van der Waals surface area contributed by atoms with Crippen molar-refractivity contribution in [3.05, 3.63) is 77.9 Å². The Morgan fingerprint density at radius 1 is 0.938 bits per heavy atom. The van der Waals surface area contributed by atoms with Crippen molar-refractivity contribution < 1.29 is 23.7 Å². The fourth-order valence-electron chi connectivity index (χ4n) is 3.13. The summed E-state index contributed by atoms with van der Waals surface area (Å²) in [5, 5.41) is 0. The minimum Gasteiger partial charge on any atom is -0.494 e. The number of carbonyl (C=O) groups excluding carboxylic acids is 1. The summed E-state index contributed by atoms with van der Waals surface area (Å²) < 4.78 is 21.8. The fraction of sp³-hybridized carbons (Fsp3) is 0.231. The van der Waals surface area contributed by atoms with E-state index in [0.29, 0.717) is 23.7 Å². The fourth-order valence-corrected chi connectivity index (χ4v) is 3.13. The highest BCUT2D eigenvalue weighted by Gasteiger charge is 2.12. The van der Waals surface area contributed by atoms with Gasteiger partial charge in [0, 0.05) is 12.3 Å². The first-order valence-electron chi connectivity index (χ1n) is 10.7. The maximum atomic E-state index is 12.4. The number of esters is 1. The summed E-state index contributed by atoms with van der Waals surface area (Å²) in [6.45, 7) is 3.07. The summed E-state index contributed by atoms with van der Waals surface area (Å²) in [5.41, 5.74) is 2.12. The number of hydrogen-bond donors (Lipinski definition) is 0. The number of carbonyl (C=O) groups is 1. The highest BCUT2D eigenvalue weighted by molar-refractivity contribution is 5.91. The van der Waals surface area contributed by atoms with Crippen LogP contribution in [0.4, 0.5) is 5.69 Å². The van der Waals surface area contributed by atoms with Gasteiger partial charge in [0.2, 0.25) is 6.79 Å². The summed E-state index contributed by atoms with van der Waals surface area (Å²) in [6.07, 6.45) is 5.06. The lowest BCUT2D eigenvalue weighted by atomic mass is 10.2. The van der Waals surface area contributed by atoms with Crippen LogP contribution in [0.3, 0.4) is 0 Å². The Morgan fingerprint density at radius 2 is 1.69 bits per heavy atom. The van der Waals surface area contributed by atoms with Gasteiger partial charge in [-0.15, -0.1) is 0 Å². The average molecular weight is 431 g/mol. The number of fused-ring (bicyclic) bond motifs is 1. The number of aliphatic imine (C=N–C) groups is 1. The van der Waals surface area contributed by atoms with Crippen molar-refractivity contribution in [2.75, 3.05) is 13.4 Å². The quantitative estimate of drug-likeness (QED) is 0.181. The zero-order valence-corrected chi connectivity index (χ0v) is 18.0. The van der Waals surface area contributed by atoms with Crippen LogP contribution in [0.5, 0.6) is 23.0 Å². The highest BCUT2D eigenvalue weighted by atomic mass is 16.7. The van der Waals surface area contributed by atoms with Crippen molar-refractivity contribution >= 4 is 17.9 Å². The Hall–Kier alpha value is -3.80. The highest BCUT2D eigenvalue weighted by Crippen LogP contribution is 2.35. The normalized spacial score (nSPS) is 12.2. The van der Waals surface area contributed by atoms with E-state index in [2.05, 4.69) is 11.9 Å². The van der Waals surface area contributed by atoms with Crippen molar-refractivity contribution in [2.24, 2.45) is 4.99 Å². The van der Waals surface area contributed by atoms with Crippen molar-refractivity contribution in [1.82, 2.24) is 0 Å². The molecule has 0 aromatic heterocycles. The molecule has 0 saturated carbocycles. The van der Waals surface area contributed by atoms with Gasteiger partial charge in [-0.1, -0.05) is 19.8 Å². The van der Waals surface area contributed by atoms with Gasteiger partial charge in [0.25, 0.3) is 0 Å². The maximum Gasteiger partial charge on any atom is 0.343 e. The van der Waals surface area contributed by atoms with Crippen LogP contribution in [0.2, 0.25) is 0 Å². The van der Waals surface area contributed by atoms with Gasteiger partial charge >= 0.3 is 5.97 Å². The predicted molar refractivity (Wildman–Crippen MR) is 123 cm³/mol. The summed E-state index contributed by atoms with van der Waals surface area (Å²) in [5.74, 6) is 2.23. The first-order chi connectivity index (χ1) is 15.7. The molecule has 0 spiro atoms. The number of hydrogen-bond acceptors (Lipinski definition) is 6. The van der Waals surface area contributed by atoms with Gasteiger partial charge in [0.1, 0.15) is 11.5 Å². The number of ether oxygens (including phenoxy) is 4. The van der Waals surface area contributed by atoms with Crippen molar-refractivity contribution in [2.45, 2.75) is 26.2 Å². The van der Waals surface area contributed by atoms with Crippen LogP contribution in [-0.2, 0) is 0 Å². The molecule has 0 radical (unpaired) electrons. The van der Waals surface area contributed by atoms with E-state index in [1.165, 1.54) is 0 Å². The van der Waals surface area contributed by atoms with Gasteiger partial charge in [-0.3, -0.25) is 4.99 Å². The van der Waals surface area contributed by atoms with Crippen LogP contribution in [0.15, 0.2) is 71.7 Å². The molecule has 0 unspecified atom stereocenters. The van der Waals surface area contributed by atoms with Gasteiger partial charge < -0.3 is 18.9 Å². The van der Waals surface area contributed by atoms with Gasteiger partial charge in [-0.2, -0.15) is 0 Å². The second kappa shape index (κ2) is 10.5. The monoisotopic (exact) mass is 431 g/mol. The number of benzene rings is 3. The van der Waals surface area contributed by atoms with E-state index in [4.69, 9.17) is 18.9 Å². The largest absolute Gasteiger partial charge is 0.494 e. The number of nitrogens with zero attached hydrogens (tertiary/aromatic N) is 1. The van der Waals surface area contributed by atoms with Crippen LogP contribution < -0.4 is 18.9 Å². The van der Waals surface area contributed by atoms with Crippen LogP contribution in [-0.4, -0.2) is 25.6 Å². The Balaban J connectivity index is 1.30. The molecule has 6 nitrogen and oxygen atoms in total. The molecular formula is C26H25NO5. The van der Waals surface area contributed by atoms with Crippen molar-refractivity contribution in [3.8, 4) is 23.0 Å². The Labute approximate surface area is 187 Å². The Morgan fingerprint density at radius 3 is 2.47 bits per heavy atom. The maximum absolute atomic E-state index is 12.4. The summed E-state index contributed by atoms with van der Waals surface area (Å²) in [7, 11) is 0. The lowest BCUT2D eigenvalue weighted by Crippen LogP contribution is -2.08. The molecule has 0 N–H and O–H groups in total. The SMILES string of the molecule is CCCCCOc1ccc(C(=O)Oc2ccc(C=Nc3ccc4c(c3)OCO4)cc2)cc1. The standard InChI is InChI=1S/C26H25NO5/c1-2-3-4-15-29-22-12-7-20(8-13-22)26(28)32-23-10-5-19(6-11-23)17-27-21-9-14-24-25(16-21)31-18-30-24/h5-14,16-17H,2-4,15,18H2,1H3. The molecule has 0 amide bonds. The molecular weight excluding hydrogens is 406 g/mol. The molecule has 6 heteroatoms. The lowest BCUT2D eigenvalue weighted by molar-refractivity contribution is 0.0734. The minimum atomic E-state index is -0.413. The molecule has 0 fully saturated rings. The van der Waals surface area contributed by atoms with Gasteiger partial charge in [-0.25, -0.2) is 4.79 Å². The second-order valence-electron chi connectivity index (χ2n) is 7.33. The van der Waals surface area contributed by atoms with Crippen molar-refractivity contribution in [3.63, 3.8) is 0 Å². The third kappa shape index (κ3) is 5.66. The van der Waals surface area contributed by atoms with Crippen molar-refractivity contribution in [1.29, 1.82) is 0 Å². The van der Waals surface area contributed by atoms with E-state index < -0.39 is 5.97 Å². The zero-order valence-electron chi connectivity index (χ0n) is 18.0. The molecule has 3 aromatic rings. The van der Waals surface area contributed by atoms with E-state index >= 15 is 0 Å². The molecule has 32 heavy (non-hydrogen) atoms. The second-order valence-corrected chi connectivity index (χ2v) is 7.33. The molecule has 1 aliphatic rings. The van der Waals surface area contributed by atoms with Gasteiger partial charge in [0.05, 0.1) is 17.9 Å². The summed E-state index contributed by atoms with van der Waals surface area (Å²) >= 11 is 0. The van der Waals surface area contributed by atoms with Crippen LogP contribution in [0.1, 0.15) is 42.1 Å². The molecule has 0 bridgehead atoms. The average Bonchev–Trinajstić information content (AvgIpc) is 3.30. The first-order valence-corrected chi connectivity index (χ1v) is 10.7. The third-order valence-corrected chi connectivity index (χ3v) is 4.92. The van der Waals surface area contributed by atoms with E-state index in [0.717, 1.165) is 42.0 Å². The molecule has 164 valence electrons. The topological polar surface area (TPSA) is 66.4 Å². The molecule has 3 aromatic carbocycles. The molecule has 0 saturated heterocycles. The predicted octanol–water partition coefficient (Wildman–Crippen LogP) is 5.95. The zero-order chi connectivity index (χ0) is 22.2. The molecule has 1 aliphatic heterocycles. The third-order valence-electron chi connectivity index (χ3n) is 4.92. The van der Waals surface area contributed by atoms with E-state index in [1.54, 1.807) is 42.6 Å². The molecule has 1 heterocycles. The first kappa shape index (κ1) is 21.4. The molecule has 0 atom stereocenters. The number of unbranched alkanes of at least 4 members (excludes halogenated alkanes) is 2. The van der Waals surface area contributed by atoms with Crippen LogP contribution >= 0.6 is 0 Å². The Bertz CT molecular complexity index is 1070. The summed E-state index contributed by atoms with van der Waals surface area (Å²) in [6, 6.07) is 19.7. The van der Waals surface area contributed by atoms with Gasteiger partial charge in [0.15, 0.2) is 11.5 Å². The van der Waals surface area contributed by atoms with E-state index in [1.807, 2.05) is 30.3 Å². The minimum absolute atomic E-state index is 0.236. The lowest BCUT2D eigenvalue weighted by Gasteiger charge is -2.07. The smallest absolute Gasteiger partial charge is 0.343 e. The number of rotatable bonds is 9. The summed E-state index contributed by atoms with van der Waals surface area (Å²) in [4.78, 5) is 16.9. The van der Waals surface area contributed by atoms with E-state index in [-0.39, 0.29) is 6.79 Å². The van der Waals surface area contributed by atoms with E-state index in [9.17, 15) is 4.79 Å². The molecule has 0 aliphatic carbocycles. The van der Waals surface area contributed by atoms with Gasteiger partial charge in [-0.05, 0) is 72.6 Å². The van der Waals surface area contributed by atoms with Crippen LogP contribution in [0, 0.1) is 0 Å². The van der Waals surface area contributed by atoms with Crippen LogP contribution in [0.25, 0.3) is 0 Å².